The van der Waals surface area contributed by atoms with Crippen LogP contribution in [0.4, 0.5) is 0 Å². The van der Waals surface area contributed by atoms with Crippen LogP contribution in [-0.4, -0.2) is 21.8 Å². The van der Waals surface area contributed by atoms with Crippen LogP contribution in [0.2, 0.25) is 0 Å². The topological polar surface area (TPSA) is 67.2 Å². The maximum atomic E-state index is 12.3. The fourth-order valence-electron chi connectivity index (χ4n) is 3.39. The number of hydrogen-bond donors (Lipinski definition) is 2. The molecule has 0 aliphatic heterocycles. The Bertz CT molecular complexity index is 991. The number of ether oxygens (including phenoxy) is 1. The molecule has 0 aliphatic carbocycles. The summed E-state index contributed by atoms with van der Waals surface area (Å²) in [7, 11) is 1.65. The lowest BCUT2D eigenvalue weighted by Crippen LogP contribution is -2.17. The van der Waals surface area contributed by atoms with Crippen molar-refractivity contribution in [3.05, 3.63) is 81.4 Å². The first-order chi connectivity index (χ1) is 13.8. The van der Waals surface area contributed by atoms with Gasteiger partial charge in [0.1, 0.15) is 5.75 Å². The van der Waals surface area contributed by atoms with Crippen LogP contribution in [0.5, 0.6) is 11.6 Å². The van der Waals surface area contributed by atoms with Crippen molar-refractivity contribution in [3.8, 4) is 11.6 Å². The summed E-state index contributed by atoms with van der Waals surface area (Å²) in [6, 6.07) is 16.2. The molecule has 0 radical (unpaired) electrons. The van der Waals surface area contributed by atoms with Gasteiger partial charge < -0.3 is 14.8 Å². The normalized spacial score (nSPS) is 11.6. The van der Waals surface area contributed by atoms with Crippen molar-refractivity contribution in [1.29, 1.82) is 0 Å². The summed E-state index contributed by atoms with van der Waals surface area (Å²) >= 11 is 0. The molecule has 0 saturated carbocycles. The highest BCUT2D eigenvalue weighted by Crippen LogP contribution is 2.23. The van der Waals surface area contributed by atoms with Crippen LogP contribution >= 0.6 is 0 Å². The number of rotatable bonds is 7. The number of aryl methyl sites for hydroxylation is 2. The molecule has 3 rings (SSSR count). The molecule has 0 spiro atoms. The number of imidazole rings is 1. The van der Waals surface area contributed by atoms with Gasteiger partial charge in [0.25, 0.3) is 0 Å². The van der Waals surface area contributed by atoms with Gasteiger partial charge in [0, 0.05) is 0 Å². The summed E-state index contributed by atoms with van der Waals surface area (Å²) in [6.07, 6.45) is 2.31. The quantitative estimate of drug-likeness (QED) is 0.624. The zero-order chi connectivity index (χ0) is 21.0. The van der Waals surface area contributed by atoms with Crippen LogP contribution in [0.15, 0.2) is 53.3 Å². The van der Waals surface area contributed by atoms with Crippen LogP contribution in [0.25, 0.3) is 0 Å². The SMILES string of the molecule is COc1ccc(CCCc2[nH]c(=O)n(Cc3ccc(C(C)(C)C)cc3)c2O)cc1. The Morgan fingerprint density at radius 2 is 1.59 bits per heavy atom. The molecule has 154 valence electrons. The third-order valence-corrected chi connectivity index (χ3v) is 5.24. The van der Waals surface area contributed by atoms with Crippen LogP contribution < -0.4 is 10.4 Å². The van der Waals surface area contributed by atoms with Gasteiger partial charge in [0.15, 0.2) is 0 Å². The van der Waals surface area contributed by atoms with E-state index in [0.717, 1.165) is 24.2 Å². The van der Waals surface area contributed by atoms with E-state index >= 15 is 0 Å². The second-order valence-electron chi connectivity index (χ2n) is 8.47. The number of nitrogens with zero attached hydrogens (tertiary/aromatic N) is 1. The molecule has 0 aliphatic rings. The maximum Gasteiger partial charge on any atom is 0.328 e. The van der Waals surface area contributed by atoms with Gasteiger partial charge in [-0.15, -0.1) is 0 Å². The Balaban J connectivity index is 1.64. The minimum absolute atomic E-state index is 0.0321. The Morgan fingerprint density at radius 3 is 2.17 bits per heavy atom. The zero-order valence-electron chi connectivity index (χ0n) is 17.7. The molecule has 0 bridgehead atoms. The molecule has 1 aromatic heterocycles. The van der Waals surface area contributed by atoms with Crippen molar-refractivity contribution in [2.45, 2.75) is 52.0 Å². The smallest absolute Gasteiger partial charge is 0.328 e. The molecule has 5 heteroatoms. The monoisotopic (exact) mass is 394 g/mol. The first kappa shape index (κ1) is 20.8. The molecule has 2 aromatic carbocycles. The summed E-state index contributed by atoms with van der Waals surface area (Å²) < 4.78 is 6.57. The van der Waals surface area contributed by atoms with Crippen molar-refractivity contribution >= 4 is 0 Å². The third-order valence-electron chi connectivity index (χ3n) is 5.24. The number of H-pyrrole nitrogens is 1. The van der Waals surface area contributed by atoms with E-state index in [-0.39, 0.29) is 17.0 Å². The standard InChI is InChI=1S/C24H30N2O3/c1-24(2,3)19-12-8-18(9-13-19)16-26-22(27)21(25-23(26)28)7-5-6-17-10-14-20(29-4)15-11-17/h8-15,27H,5-7,16H2,1-4H3,(H,25,28). The number of methoxy groups -OCH3 is 1. The van der Waals surface area contributed by atoms with Crippen molar-refractivity contribution in [2.24, 2.45) is 0 Å². The van der Waals surface area contributed by atoms with Crippen LogP contribution in [0, 0.1) is 0 Å². The molecule has 0 fully saturated rings. The predicted octanol–water partition coefficient (Wildman–Crippen LogP) is 4.41. The highest BCUT2D eigenvalue weighted by atomic mass is 16.5. The molecular formula is C24H30N2O3. The molecule has 0 unspecified atom stereocenters. The average molecular weight is 395 g/mol. The molecule has 29 heavy (non-hydrogen) atoms. The van der Waals surface area contributed by atoms with E-state index in [9.17, 15) is 9.90 Å². The number of hydrogen-bond acceptors (Lipinski definition) is 3. The minimum Gasteiger partial charge on any atom is -0.497 e. The van der Waals surface area contributed by atoms with Gasteiger partial charge in [-0.3, -0.25) is 4.57 Å². The van der Waals surface area contributed by atoms with E-state index < -0.39 is 0 Å². The lowest BCUT2D eigenvalue weighted by molar-refractivity contribution is 0.414. The molecular weight excluding hydrogens is 364 g/mol. The summed E-state index contributed by atoms with van der Waals surface area (Å²) in [4.78, 5) is 15.1. The van der Waals surface area contributed by atoms with Gasteiger partial charge in [-0.1, -0.05) is 57.2 Å². The van der Waals surface area contributed by atoms with E-state index in [1.807, 2.05) is 36.4 Å². The average Bonchev–Trinajstić information content (AvgIpc) is 2.96. The molecule has 0 saturated heterocycles. The fraction of sp³-hybridized carbons (Fsp3) is 0.375. The Morgan fingerprint density at radius 1 is 0.966 bits per heavy atom. The van der Waals surface area contributed by atoms with E-state index in [2.05, 4.69) is 37.9 Å². The largest absolute Gasteiger partial charge is 0.497 e. The van der Waals surface area contributed by atoms with Gasteiger partial charge in [-0.25, -0.2) is 4.79 Å². The van der Waals surface area contributed by atoms with Gasteiger partial charge in [-0.05, 0) is 53.5 Å². The Kier molecular flexibility index (Phi) is 6.16. The second-order valence-corrected chi connectivity index (χ2v) is 8.47. The lowest BCUT2D eigenvalue weighted by Gasteiger charge is -2.19. The van der Waals surface area contributed by atoms with E-state index in [0.29, 0.717) is 18.7 Å². The Labute approximate surface area is 172 Å². The van der Waals surface area contributed by atoms with Gasteiger partial charge in [0.2, 0.25) is 5.88 Å². The van der Waals surface area contributed by atoms with E-state index in [1.54, 1.807) is 7.11 Å². The van der Waals surface area contributed by atoms with Crippen LogP contribution in [-0.2, 0) is 24.8 Å². The number of aromatic hydroxyl groups is 1. The molecule has 0 amide bonds. The van der Waals surface area contributed by atoms with Crippen molar-refractivity contribution in [3.63, 3.8) is 0 Å². The molecule has 5 nitrogen and oxygen atoms in total. The van der Waals surface area contributed by atoms with Crippen LogP contribution in [0.3, 0.4) is 0 Å². The highest BCUT2D eigenvalue weighted by molar-refractivity contribution is 5.29. The summed E-state index contributed by atoms with van der Waals surface area (Å²) in [6.45, 7) is 6.86. The number of benzene rings is 2. The Hall–Kier alpha value is -2.95. The van der Waals surface area contributed by atoms with E-state index in [4.69, 9.17) is 4.74 Å². The van der Waals surface area contributed by atoms with Gasteiger partial charge in [0.05, 0.1) is 19.3 Å². The summed E-state index contributed by atoms with van der Waals surface area (Å²) in [5.74, 6) is 0.868. The summed E-state index contributed by atoms with van der Waals surface area (Å²) in [5, 5.41) is 10.5. The third kappa shape index (κ3) is 5.11. The fourth-order valence-corrected chi connectivity index (χ4v) is 3.39. The first-order valence-corrected chi connectivity index (χ1v) is 10.0. The van der Waals surface area contributed by atoms with Gasteiger partial charge in [-0.2, -0.15) is 0 Å². The van der Waals surface area contributed by atoms with Crippen molar-refractivity contribution < 1.29 is 9.84 Å². The summed E-state index contributed by atoms with van der Waals surface area (Å²) in [5.41, 5.74) is 3.83. The number of nitrogens with one attached hydrogen (secondary N) is 1. The maximum absolute atomic E-state index is 12.3. The number of aromatic nitrogens is 2. The molecule has 2 N–H and O–H groups in total. The van der Waals surface area contributed by atoms with Crippen molar-refractivity contribution in [1.82, 2.24) is 9.55 Å². The number of aromatic amines is 1. The van der Waals surface area contributed by atoms with Crippen LogP contribution in [0.1, 0.15) is 49.6 Å². The van der Waals surface area contributed by atoms with Gasteiger partial charge >= 0.3 is 5.69 Å². The first-order valence-electron chi connectivity index (χ1n) is 10.0. The lowest BCUT2D eigenvalue weighted by atomic mass is 9.87. The zero-order valence-corrected chi connectivity index (χ0v) is 17.7. The molecule has 1 heterocycles. The predicted molar refractivity (Wildman–Crippen MR) is 116 cm³/mol. The second kappa shape index (κ2) is 8.60. The molecule has 3 aromatic rings. The van der Waals surface area contributed by atoms with Crippen molar-refractivity contribution in [2.75, 3.05) is 7.11 Å². The highest BCUT2D eigenvalue weighted by Gasteiger charge is 2.15. The molecule has 0 atom stereocenters. The minimum atomic E-state index is -0.276. The van der Waals surface area contributed by atoms with E-state index in [1.165, 1.54) is 15.7 Å².